The third kappa shape index (κ3) is 4.84. The van der Waals surface area contributed by atoms with Crippen LogP contribution in [0.15, 0.2) is 65.3 Å². The van der Waals surface area contributed by atoms with Crippen LogP contribution in [0.1, 0.15) is 29.5 Å². The average Bonchev–Trinajstić information content (AvgIpc) is 3.49. The second-order valence-corrected chi connectivity index (χ2v) is 7.80. The summed E-state index contributed by atoms with van der Waals surface area (Å²) in [5, 5.41) is 0. The van der Waals surface area contributed by atoms with E-state index in [0.717, 1.165) is 4.90 Å². The van der Waals surface area contributed by atoms with Crippen LogP contribution in [0.3, 0.4) is 0 Å². The fourth-order valence-corrected chi connectivity index (χ4v) is 4.02. The van der Waals surface area contributed by atoms with Crippen molar-refractivity contribution < 1.29 is 33.0 Å². The van der Waals surface area contributed by atoms with Gasteiger partial charge in [0.25, 0.3) is 11.8 Å². The minimum Gasteiger partial charge on any atom is -0.494 e. The Morgan fingerprint density at radius 1 is 1.06 bits per heavy atom. The van der Waals surface area contributed by atoms with Crippen molar-refractivity contribution in [3.8, 4) is 17.2 Å². The van der Waals surface area contributed by atoms with Crippen LogP contribution in [0.5, 0.6) is 17.2 Å². The van der Waals surface area contributed by atoms with Gasteiger partial charge in [0.15, 0.2) is 11.5 Å². The van der Waals surface area contributed by atoms with Crippen molar-refractivity contribution in [3.05, 3.63) is 72.2 Å². The fraction of sp³-hybridized carbons (Fsp3) is 0.269. The molecule has 0 saturated carbocycles. The molecule has 0 spiro atoms. The maximum atomic E-state index is 13.6. The van der Waals surface area contributed by atoms with Gasteiger partial charge in [-0.05, 0) is 61.5 Å². The van der Waals surface area contributed by atoms with Crippen LogP contribution in [0.4, 0.5) is 5.69 Å². The van der Waals surface area contributed by atoms with Gasteiger partial charge in [0, 0.05) is 5.56 Å². The third-order valence-corrected chi connectivity index (χ3v) is 5.70. The minimum atomic E-state index is -1.00. The van der Waals surface area contributed by atoms with Crippen LogP contribution >= 0.6 is 0 Å². The summed E-state index contributed by atoms with van der Waals surface area (Å²) in [6.45, 7) is 2.39. The number of anilines is 1. The van der Waals surface area contributed by atoms with Crippen LogP contribution in [0, 0.1) is 0 Å². The zero-order chi connectivity index (χ0) is 24.9. The van der Waals surface area contributed by atoms with E-state index < -0.39 is 23.8 Å². The number of carbonyl (C=O) groups is 3. The Balaban J connectivity index is 1.65. The van der Waals surface area contributed by atoms with E-state index in [1.54, 1.807) is 54.6 Å². The molecule has 1 aromatic heterocycles. The Bertz CT molecular complexity index is 1200. The normalized spacial score (nSPS) is 15.3. The molecule has 35 heavy (non-hydrogen) atoms. The van der Waals surface area contributed by atoms with Gasteiger partial charge in [-0.3, -0.25) is 14.4 Å². The van der Waals surface area contributed by atoms with Crippen LogP contribution in [0.2, 0.25) is 0 Å². The van der Waals surface area contributed by atoms with Crippen LogP contribution in [-0.4, -0.2) is 49.5 Å². The molecule has 3 amide bonds. The highest BCUT2D eigenvalue weighted by atomic mass is 16.5. The summed E-state index contributed by atoms with van der Waals surface area (Å²) < 4.78 is 21.5. The number of benzene rings is 2. The first-order valence-electron chi connectivity index (χ1n) is 11.1. The van der Waals surface area contributed by atoms with Gasteiger partial charge >= 0.3 is 0 Å². The molecule has 9 heteroatoms. The second-order valence-electron chi connectivity index (χ2n) is 7.80. The van der Waals surface area contributed by atoms with Crippen molar-refractivity contribution in [1.29, 1.82) is 0 Å². The lowest BCUT2D eigenvalue weighted by molar-refractivity contribution is -0.122. The van der Waals surface area contributed by atoms with Crippen molar-refractivity contribution >= 4 is 23.4 Å². The van der Waals surface area contributed by atoms with Crippen molar-refractivity contribution in [2.24, 2.45) is 0 Å². The van der Waals surface area contributed by atoms with Crippen molar-refractivity contribution in [2.45, 2.75) is 25.9 Å². The molecule has 1 aliphatic rings. The lowest BCUT2D eigenvalue weighted by Crippen LogP contribution is -2.45. The summed E-state index contributed by atoms with van der Waals surface area (Å²) in [5.74, 6) is 0.639. The summed E-state index contributed by atoms with van der Waals surface area (Å²) in [4.78, 5) is 42.5. The summed E-state index contributed by atoms with van der Waals surface area (Å²) in [5.41, 5.74) is 0.705. The van der Waals surface area contributed by atoms with Gasteiger partial charge in [-0.15, -0.1) is 0 Å². The van der Waals surface area contributed by atoms with Gasteiger partial charge in [0.2, 0.25) is 5.91 Å². The highest BCUT2D eigenvalue weighted by molar-refractivity contribution is 6.23. The highest BCUT2D eigenvalue weighted by Gasteiger charge is 2.45. The molecular formula is C26H26N2O7. The van der Waals surface area contributed by atoms with E-state index in [2.05, 4.69) is 0 Å². The van der Waals surface area contributed by atoms with E-state index in [0.29, 0.717) is 35.3 Å². The number of hydrogen-bond acceptors (Lipinski definition) is 7. The van der Waals surface area contributed by atoms with Crippen molar-refractivity contribution in [3.63, 3.8) is 0 Å². The van der Waals surface area contributed by atoms with Gasteiger partial charge in [-0.2, -0.15) is 0 Å². The van der Waals surface area contributed by atoms with Crippen molar-refractivity contribution in [1.82, 2.24) is 4.90 Å². The quantitative estimate of drug-likeness (QED) is 0.433. The highest BCUT2D eigenvalue weighted by Crippen LogP contribution is 2.31. The monoisotopic (exact) mass is 478 g/mol. The number of amides is 3. The smallest absolute Gasteiger partial charge is 0.257 e. The molecule has 0 radical (unpaired) electrons. The molecule has 9 nitrogen and oxygen atoms in total. The van der Waals surface area contributed by atoms with E-state index in [1.165, 1.54) is 25.4 Å². The summed E-state index contributed by atoms with van der Waals surface area (Å²) in [6, 6.07) is 13.8. The van der Waals surface area contributed by atoms with Gasteiger partial charge in [0.1, 0.15) is 17.6 Å². The number of methoxy groups -OCH3 is 2. The van der Waals surface area contributed by atoms with Crippen LogP contribution in [0.25, 0.3) is 0 Å². The molecular weight excluding hydrogens is 452 g/mol. The maximum Gasteiger partial charge on any atom is 0.257 e. The standard InChI is InChI=1S/C26H26N2O7/c1-4-34-19-10-8-18(9-11-19)28-24(29)15-21(26(28)31)27(16-20-6-5-13-35-20)25(30)17-7-12-22(32-2)23(14-17)33-3/h5-14,21H,4,15-16H2,1-3H3. The number of carbonyl (C=O) groups excluding carboxylic acids is 3. The predicted octanol–water partition coefficient (Wildman–Crippen LogP) is 3.67. The molecule has 0 bridgehead atoms. The Hall–Kier alpha value is -4.27. The number of imide groups is 1. The Labute approximate surface area is 202 Å². The van der Waals surface area contributed by atoms with E-state index in [-0.39, 0.29) is 18.5 Å². The zero-order valence-corrected chi connectivity index (χ0v) is 19.7. The molecule has 0 N–H and O–H groups in total. The van der Waals surface area contributed by atoms with E-state index in [1.807, 2.05) is 6.92 Å². The first kappa shape index (κ1) is 23.9. The third-order valence-electron chi connectivity index (χ3n) is 5.70. The van der Waals surface area contributed by atoms with Crippen LogP contribution < -0.4 is 19.1 Å². The van der Waals surface area contributed by atoms with E-state index in [9.17, 15) is 14.4 Å². The molecule has 0 aliphatic carbocycles. The number of furan rings is 1. The molecule has 182 valence electrons. The van der Waals surface area contributed by atoms with E-state index >= 15 is 0 Å². The first-order chi connectivity index (χ1) is 17.0. The van der Waals surface area contributed by atoms with Gasteiger partial charge in [0.05, 0.1) is 45.7 Å². The molecule has 1 atom stereocenters. The lowest BCUT2D eigenvalue weighted by atomic mass is 10.1. The van der Waals surface area contributed by atoms with Crippen LogP contribution in [-0.2, 0) is 16.1 Å². The number of rotatable bonds is 9. The molecule has 2 heterocycles. The molecule has 3 aromatic rings. The lowest BCUT2D eigenvalue weighted by Gasteiger charge is -2.27. The summed E-state index contributed by atoms with van der Waals surface area (Å²) in [7, 11) is 2.97. The molecule has 1 unspecified atom stereocenters. The molecule has 1 fully saturated rings. The van der Waals surface area contributed by atoms with Gasteiger partial charge in [-0.1, -0.05) is 0 Å². The Morgan fingerprint density at radius 2 is 1.80 bits per heavy atom. The fourth-order valence-electron chi connectivity index (χ4n) is 4.02. The predicted molar refractivity (Wildman–Crippen MR) is 127 cm³/mol. The largest absolute Gasteiger partial charge is 0.494 e. The van der Waals surface area contributed by atoms with E-state index in [4.69, 9.17) is 18.6 Å². The van der Waals surface area contributed by atoms with Crippen molar-refractivity contribution in [2.75, 3.05) is 25.7 Å². The topological polar surface area (TPSA) is 98.5 Å². The number of hydrogen-bond donors (Lipinski definition) is 0. The summed E-state index contributed by atoms with van der Waals surface area (Å²) >= 11 is 0. The Kier molecular flexibility index (Phi) is 7.05. The second kappa shape index (κ2) is 10.3. The SMILES string of the molecule is CCOc1ccc(N2C(=O)CC(N(Cc3ccco3)C(=O)c3ccc(OC)c(OC)c3)C2=O)cc1. The summed E-state index contributed by atoms with van der Waals surface area (Å²) in [6.07, 6.45) is 1.34. The first-order valence-corrected chi connectivity index (χ1v) is 11.1. The molecule has 1 saturated heterocycles. The number of nitrogens with zero attached hydrogens (tertiary/aromatic N) is 2. The average molecular weight is 479 g/mol. The molecule has 2 aromatic carbocycles. The van der Waals surface area contributed by atoms with Gasteiger partial charge < -0.3 is 23.5 Å². The zero-order valence-electron chi connectivity index (χ0n) is 19.7. The van der Waals surface area contributed by atoms with Gasteiger partial charge in [-0.25, -0.2) is 4.90 Å². The minimum absolute atomic E-state index is 0.0149. The number of ether oxygens (including phenoxy) is 3. The maximum absolute atomic E-state index is 13.6. The molecule has 4 rings (SSSR count). The Morgan fingerprint density at radius 3 is 2.43 bits per heavy atom. The molecule has 1 aliphatic heterocycles.